The van der Waals surface area contributed by atoms with Crippen LogP contribution < -0.4 is 4.90 Å². The lowest BCUT2D eigenvalue weighted by Gasteiger charge is -2.33. The molecule has 112 valence electrons. The van der Waals surface area contributed by atoms with Crippen LogP contribution in [-0.2, 0) is 12.8 Å². The van der Waals surface area contributed by atoms with Gasteiger partial charge in [0.05, 0.1) is 12.2 Å². The maximum Gasteiger partial charge on any atom is 0.416 e. The van der Waals surface area contributed by atoms with Gasteiger partial charge in [0.2, 0.25) is 0 Å². The summed E-state index contributed by atoms with van der Waals surface area (Å²) < 4.78 is 39.0. The first-order chi connectivity index (χ1) is 9.43. The van der Waals surface area contributed by atoms with E-state index in [0.29, 0.717) is 11.7 Å². The third-order valence-corrected chi connectivity index (χ3v) is 4.10. The van der Waals surface area contributed by atoms with E-state index in [-0.39, 0.29) is 5.56 Å². The molecule has 0 bridgehead atoms. The molecule has 0 heterocycles. The summed E-state index contributed by atoms with van der Waals surface area (Å²) in [4.78, 5) is 1.94. The molecule has 0 radical (unpaired) electrons. The van der Waals surface area contributed by atoms with Gasteiger partial charge in [-0.25, -0.2) is 0 Å². The lowest BCUT2D eigenvalue weighted by molar-refractivity contribution is -0.138. The first kappa shape index (κ1) is 15.2. The summed E-state index contributed by atoms with van der Waals surface area (Å²) in [5, 5.41) is 9.05. The molecule has 0 spiro atoms. The molecule has 0 saturated heterocycles. The molecular formula is C15H20F3NO. The average molecular weight is 287 g/mol. The standard InChI is InChI=1S/C15H20F3NO/c1-19(12-5-3-2-4-6-12)13-8-7-11(10-20)14(9-13)15(16,17)18/h7-9,12,20H,2-6,10H2,1H3. The molecule has 5 heteroatoms. The number of aliphatic hydroxyl groups excluding tert-OH is 1. The summed E-state index contributed by atoms with van der Waals surface area (Å²) in [6.07, 6.45) is 1.11. The van der Waals surface area contributed by atoms with Gasteiger partial charge in [0.25, 0.3) is 0 Å². The summed E-state index contributed by atoms with van der Waals surface area (Å²) in [5.41, 5.74) is -0.236. The molecule has 1 aliphatic rings. The highest BCUT2D eigenvalue weighted by atomic mass is 19.4. The van der Waals surface area contributed by atoms with Crippen LogP contribution in [0.5, 0.6) is 0 Å². The zero-order chi connectivity index (χ0) is 14.8. The van der Waals surface area contributed by atoms with E-state index in [4.69, 9.17) is 5.11 Å². The monoisotopic (exact) mass is 287 g/mol. The number of hydrogen-bond donors (Lipinski definition) is 1. The van der Waals surface area contributed by atoms with Gasteiger partial charge >= 0.3 is 6.18 Å². The molecule has 1 aromatic rings. The lowest BCUT2D eigenvalue weighted by Crippen LogP contribution is -2.33. The number of halogens is 3. The van der Waals surface area contributed by atoms with E-state index >= 15 is 0 Å². The molecule has 2 rings (SSSR count). The van der Waals surface area contributed by atoms with Crippen LogP contribution in [0.3, 0.4) is 0 Å². The van der Waals surface area contributed by atoms with Gasteiger partial charge in [-0.1, -0.05) is 25.3 Å². The zero-order valence-electron chi connectivity index (χ0n) is 11.6. The molecule has 1 saturated carbocycles. The van der Waals surface area contributed by atoms with Crippen LogP contribution in [0, 0.1) is 0 Å². The fourth-order valence-electron chi connectivity index (χ4n) is 2.86. The van der Waals surface area contributed by atoms with Crippen LogP contribution in [0.25, 0.3) is 0 Å². The maximum atomic E-state index is 13.0. The summed E-state index contributed by atoms with van der Waals surface area (Å²) in [5.74, 6) is 0. The normalized spacial score (nSPS) is 17.2. The van der Waals surface area contributed by atoms with Crippen molar-refractivity contribution in [2.75, 3.05) is 11.9 Å². The Morgan fingerprint density at radius 1 is 1.20 bits per heavy atom. The smallest absolute Gasteiger partial charge is 0.392 e. The molecule has 0 aliphatic heterocycles. The minimum Gasteiger partial charge on any atom is -0.392 e. The van der Waals surface area contributed by atoms with Crippen molar-refractivity contribution in [2.45, 2.75) is 50.9 Å². The van der Waals surface area contributed by atoms with Crippen LogP contribution in [0.2, 0.25) is 0 Å². The topological polar surface area (TPSA) is 23.5 Å². The first-order valence-electron chi connectivity index (χ1n) is 6.97. The average Bonchev–Trinajstić information content (AvgIpc) is 2.46. The van der Waals surface area contributed by atoms with E-state index in [1.165, 1.54) is 12.5 Å². The Morgan fingerprint density at radius 2 is 1.85 bits per heavy atom. The molecule has 1 aliphatic carbocycles. The van der Waals surface area contributed by atoms with Crippen LogP contribution in [-0.4, -0.2) is 18.2 Å². The fraction of sp³-hybridized carbons (Fsp3) is 0.600. The van der Waals surface area contributed by atoms with E-state index in [1.54, 1.807) is 6.07 Å². The second kappa shape index (κ2) is 6.04. The van der Waals surface area contributed by atoms with Crippen LogP contribution in [0.4, 0.5) is 18.9 Å². The first-order valence-corrected chi connectivity index (χ1v) is 6.97. The second-order valence-electron chi connectivity index (χ2n) is 5.40. The molecule has 20 heavy (non-hydrogen) atoms. The summed E-state index contributed by atoms with van der Waals surface area (Å²) in [6, 6.07) is 4.50. The third kappa shape index (κ3) is 3.26. The summed E-state index contributed by atoms with van der Waals surface area (Å²) in [6.45, 7) is -0.595. The largest absolute Gasteiger partial charge is 0.416 e. The number of nitrogens with zero attached hydrogens (tertiary/aromatic N) is 1. The lowest BCUT2D eigenvalue weighted by atomic mass is 9.94. The number of aliphatic hydroxyl groups is 1. The molecule has 1 N–H and O–H groups in total. The number of anilines is 1. The highest BCUT2D eigenvalue weighted by Gasteiger charge is 2.34. The van der Waals surface area contributed by atoms with Gasteiger partial charge in [0.15, 0.2) is 0 Å². The Morgan fingerprint density at radius 3 is 2.40 bits per heavy atom. The highest BCUT2D eigenvalue weighted by molar-refractivity contribution is 5.52. The molecular weight excluding hydrogens is 267 g/mol. The quantitative estimate of drug-likeness (QED) is 0.909. The van der Waals surface area contributed by atoms with Crippen molar-refractivity contribution in [3.8, 4) is 0 Å². The van der Waals surface area contributed by atoms with E-state index in [1.807, 2.05) is 11.9 Å². The highest BCUT2D eigenvalue weighted by Crippen LogP contribution is 2.35. The maximum absolute atomic E-state index is 13.0. The Bertz CT molecular complexity index is 453. The molecule has 0 atom stereocenters. The van der Waals surface area contributed by atoms with E-state index in [2.05, 4.69) is 0 Å². The fourth-order valence-corrected chi connectivity index (χ4v) is 2.86. The van der Waals surface area contributed by atoms with Gasteiger partial charge in [-0.2, -0.15) is 13.2 Å². The Kier molecular flexibility index (Phi) is 4.58. The van der Waals surface area contributed by atoms with Gasteiger partial charge in [-0.05, 0) is 30.5 Å². The van der Waals surface area contributed by atoms with E-state index < -0.39 is 18.3 Å². The third-order valence-electron chi connectivity index (χ3n) is 4.10. The van der Waals surface area contributed by atoms with Crippen molar-refractivity contribution in [3.05, 3.63) is 29.3 Å². The Hall–Kier alpha value is -1.23. The van der Waals surface area contributed by atoms with Gasteiger partial charge in [-0.15, -0.1) is 0 Å². The Balaban J connectivity index is 2.28. The van der Waals surface area contributed by atoms with E-state index in [9.17, 15) is 13.2 Å². The molecule has 0 unspecified atom stereocenters. The molecule has 0 amide bonds. The molecule has 1 fully saturated rings. The Labute approximate surface area is 117 Å². The minimum absolute atomic E-state index is 0.0710. The number of hydrogen-bond acceptors (Lipinski definition) is 2. The van der Waals surface area contributed by atoms with Crippen LogP contribution in [0.1, 0.15) is 43.2 Å². The summed E-state index contributed by atoms with van der Waals surface area (Å²) >= 11 is 0. The van der Waals surface area contributed by atoms with Crippen molar-refractivity contribution in [2.24, 2.45) is 0 Å². The van der Waals surface area contributed by atoms with Crippen molar-refractivity contribution < 1.29 is 18.3 Å². The number of alkyl halides is 3. The van der Waals surface area contributed by atoms with Crippen molar-refractivity contribution in [1.82, 2.24) is 0 Å². The van der Waals surface area contributed by atoms with E-state index in [0.717, 1.165) is 31.7 Å². The minimum atomic E-state index is -4.43. The van der Waals surface area contributed by atoms with Gasteiger partial charge in [-0.3, -0.25) is 0 Å². The summed E-state index contributed by atoms with van der Waals surface area (Å²) in [7, 11) is 1.85. The SMILES string of the molecule is CN(c1ccc(CO)c(C(F)(F)F)c1)C1CCCCC1. The van der Waals surface area contributed by atoms with Gasteiger partial charge in [0, 0.05) is 18.8 Å². The van der Waals surface area contributed by atoms with Crippen LogP contribution in [0.15, 0.2) is 18.2 Å². The molecule has 1 aromatic carbocycles. The number of benzene rings is 1. The predicted molar refractivity (Wildman–Crippen MR) is 72.6 cm³/mol. The van der Waals surface area contributed by atoms with Gasteiger partial charge in [0.1, 0.15) is 0 Å². The van der Waals surface area contributed by atoms with Gasteiger partial charge < -0.3 is 10.0 Å². The van der Waals surface area contributed by atoms with Crippen molar-refractivity contribution in [1.29, 1.82) is 0 Å². The second-order valence-corrected chi connectivity index (χ2v) is 5.40. The van der Waals surface area contributed by atoms with Crippen molar-refractivity contribution in [3.63, 3.8) is 0 Å². The predicted octanol–water partition coefficient (Wildman–Crippen LogP) is 3.97. The molecule has 2 nitrogen and oxygen atoms in total. The zero-order valence-corrected chi connectivity index (χ0v) is 11.6. The van der Waals surface area contributed by atoms with Crippen molar-refractivity contribution >= 4 is 5.69 Å². The number of rotatable bonds is 3. The van der Waals surface area contributed by atoms with Crippen LogP contribution >= 0.6 is 0 Å². The molecule has 0 aromatic heterocycles.